The Kier molecular flexibility index (Phi) is 5.61. The highest BCUT2D eigenvalue weighted by atomic mass is 32.2. The maximum absolute atomic E-state index is 12.8. The van der Waals surface area contributed by atoms with Gasteiger partial charge in [0.05, 0.1) is 4.90 Å². The van der Waals surface area contributed by atoms with E-state index in [1.165, 1.54) is 24.0 Å². The van der Waals surface area contributed by atoms with Crippen molar-refractivity contribution >= 4 is 21.9 Å². The summed E-state index contributed by atoms with van der Waals surface area (Å²) in [5.41, 5.74) is 1.03. The fourth-order valence-corrected chi connectivity index (χ4v) is 4.36. The summed E-state index contributed by atoms with van der Waals surface area (Å²) in [5.74, 6) is -1.52. The first kappa shape index (κ1) is 18.4. The number of benzene rings is 1. The van der Waals surface area contributed by atoms with E-state index < -0.39 is 22.0 Å². The zero-order chi connectivity index (χ0) is 17.9. The number of piperazine rings is 1. The monoisotopic (exact) mass is 354 g/mol. The van der Waals surface area contributed by atoms with Gasteiger partial charge in [-0.2, -0.15) is 4.31 Å². The molecule has 1 N–H and O–H groups in total. The van der Waals surface area contributed by atoms with Gasteiger partial charge in [0.1, 0.15) is 6.04 Å². The summed E-state index contributed by atoms with van der Waals surface area (Å²) >= 11 is 0. The molecule has 1 aliphatic rings. The van der Waals surface area contributed by atoms with Crippen LogP contribution < -0.4 is 0 Å². The molecule has 0 aliphatic carbocycles. The number of carbonyl (C=O) groups excluding carboxylic acids is 1. The minimum atomic E-state index is -3.92. The molecule has 132 valence electrons. The van der Waals surface area contributed by atoms with Gasteiger partial charge in [0.25, 0.3) is 0 Å². The predicted molar refractivity (Wildman–Crippen MR) is 88.0 cm³/mol. The molecule has 1 aromatic carbocycles. The van der Waals surface area contributed by atoms with E-state index in [1.807, 2.05) is 6.92 Å². The summed E-state index contributed by atoms with van der Waals surface area (Å²) in [7, 11) is -3.92. The molecule has 1 aromatic rings. The Morgan fingerprint density at radius 2 is 1.83 bits per heavy atom. The minimum absolute atomic E-state index is 0.0322. The Hall–Kier alpha value is -1.93. The van der Waals surface area contributed by atoms with Gasteiger partial charge in [-0.3, -0.25) is 9.59 Å². The molecule has 0 spiro atoms. The molecule has 1 amide bonds. The topological polar surface area (TPSA) is 95.0 Å². The van der Waals surface area contributed by atoms with Crippen molar-refractivity contribution in [3.8, 4) is 0 Å². The molecule has 0 aromatic heterocycles. The lowest BCUT2D eigenvalue weighted by Crippen LogP contribution is -2.58. The molecule has 0 unspecified atom stereocenters. The van der Waals surface area contributed by atoms with Crippen molar-refractivity contribution < 1.29 is 23.1 Å². The third-order valence-electron chi connectivity index (χ3n) is 4.13. The van der Waals surface area contributed by atoms with Gasteiger partial charge in [0.15, 0.2) is 0 Å². The van der Waals surface area contributed by atoms with Crippen molar-refractivity contribution in [2.75, 3.05) is 19.6 Å². The smallest absolute Gasteiger partial charge is 0.323 e. The number of carbonyl (C=O) groups is 2. The minimum Gasteiger partial charge on any atom is -0.480 e. The zero-order valence-corrected chi connectivity index (χ0v) is 14.6. The SMILES string of the molecule is CCCc1ccc(S(=O)(=O)N2CCN(C(C)=O)C[C@@H]2C(=O)O)cc1. The number of hydrogen-bond acceptors (Lipinski definition) is 4. The number of sulfonamides is 1. The number of aliphatic carboxylic acids is 1. The van der Waals surface area contributed by atoms with Gasteiger partial charge in [-0.15, -0.1) is 0 Å². The van der Waals surface area contributed by atoms with Gasteiger partial charge in [-0.25, -0.2) is 8.42 Å². The first-order chi connectivity index (χ1) is 11.3. The fourth-order valence-electron chi connectivity index (χ4n) is 2.79. The highest BCUT2D eigenvalue weighted by Crippen LogP contribution is 2.22. The highest BCUT2D eigenvalue weighted by Gasteiger charge is 2.40. The van der Waals surface area contributed by atoms with Crippen LogP contribution in [0.2, 0.25) is 0 Å². The molecule has 1 fully saturated rings. The Balaban J connectivity index is 2.29. The standard InChI is InChI=1S/C16H22N2O5S/c1-3-4-13-5-7-14(8-6-13)24(22,23)18-10-9-17(12(2)19)11-15(18)16(20)21/h5-8,15H,3-4,9-11H2,1-2H3,(H,20,21)/t15-/m1/s1. The van der Waals surface area contributed by atoms with Crippen molar-refractivity contribution in [1.29, 1.82) is 0 Å². The summed E-state index contributed by atoms with van der Waals surface area (Å²) < 4.78 is 26.6. The van der Waals surface area contributed by atoms with Crippen LogP contribution in [0.1, 0.15) is 25.8 Å². The molecule has 24 heavy (non-hydrogen) atoms. The molecular weight excluding hydrogens is 332 g/mol. The molecule has 0 bridgehead atoms. The van der Waals surface area contributed by atoms with E-state index >= 15 is 0 Å². The largest absolute Gasteiger partial charge is 0.480 e. The predicted octanol–water partition coefficient (Wildman–Crippen LogP) is 0.945. The maximum atomic E-state index is 12.8. The third kappa shape index (κ3) is 3.76. The lowest BCUT2D eigenvalue weighted by atomic mass is 10.1. The van der Waals surface area contributed by atoms with E-state index in [9.17, 15) is 23.1 Å². The second-order valence-electron chi connectivity index (χ2n) is 5.83. The first-order valence-corrected chi connectivity index (χ1v) is 9.30. The van der Waals surface area contributed by atoms with E-state index in [1.54, 1.807) is 12.1 Å². The van der Waals surface area contributed by atoms with Gasteiger partial charge in [-0.1, -0.05) is 25.5 Å². The van der Waals surface area contributed by atoms with Gasteiger partial charge in [0.2, 0.25) is 15.9 Å². The van der Waals surface area contributed by atoms with Crippen LogP contribution in [-0.2, 0) is 26.0 Å². The van der Waals surface area contributed by atoms with E-state index in [2.05, 4.69) is 0 Å². The first-order valence-electron chi connectivity index (χ1n) is 7.86. The average Bonchev–Trinajstić information content (AvgIpc) is 2.55. The molecule has 0 radical (unpaired) electrons. The molecular formula is C16H22N2O5S. The van der Waals surface area contributed by atoms with Gasteiger partial charge < -0.3 is 10.0 Å². The second-order valence-corrected chi connectivity index (χ2v) is 7.72. The summed E-state index contributed by atoms with van der Waals surface area (Å²) in [6, 6.07) is 5.24. The Bertz CT molecular complexity index is 714. The van der Waals surface area contributed by atoms with Crippen LogP contribution in [0.5, 0.6) is 0 Å². The van der Waals surface area contributed by atoms with E-state index in [0.29, 0.717) is 0 Å². The van der Waals surface area contributed by atoms with Crippen LogP contribution in [-0.4, -0.2) is 60.3 Å². The number of aryl methyl sites for hydroxylation is 1. The van der Waals surface area contributed by atoms with Crippen LogP contribution in [0, 0.1) is 0 Å². The van der Waals surface area contributed by atoms with Crippen molar-refractivity contribution in [3.63, 3.8) is 0 Å². The number of hydrogen-bond donors (Lipinski definition) is 1. The van der Waals surface area contributed by atoms with Crippen LogP contribution in [0.3, 0.4) is 0 Å². The Labute approximate surface area is 141 Å². The number of nitrogens with zero attached hydrogens (tertiary/aromatic N) is 2. The van der Waals surface area contributed by atoms with Crippen LogP contribution >= 0.6 is 0 Å². The van der Waals surface area contributed by atoms with Crippen LogP contribution in [0.15, 0.2) is 29.2 Å². The summed E-state index contributed by atoms with van der Waals surface area (Å²) in [5, 5.41) is 9.39. The molecule has 1 saturated heterocycles. The summed E-state index contributed by atoms with van der Waals surface area (Å²) in [6.07, 6.45) is 1.82. The zero-order valence-electron chi connectivity index (χ0n) is 13.8. The Morgan fingerprint density at radius 1 is 1.21 bits per heavy atom. The summed E-state index contributed by atoms with van der Waals surface area (Å²) in [6.45, 7) is 3.39. The van der Waals surface area contributed by atoms with Crippen molar-refractivity contribution in [2.24, 2.45) is 0 Å². The van der Waals surface area contributed by atoms with Gasteiger partial charge in [0, 0.05) is 26.6 Å². The molecule has 2 rings (SSSR count). The number of amides is 1. The van der Waals surface area contributed by atoms with Gasteiger partial charge in [-0.05, 0) is 24.1 Å². The third-order valence-corrected chi connectivity index (χ3v) is 6.05. The molecule has 1 heterocycles. The van der Waals surface area contributed by atoms with Crippen molar-refractivity contribution in [1.82, 2.24) is 9.21 Å². The highest BCUT2D eigenvalue weighted by molar-refractivity contribution is 7.89. The van der Waals surface area contributed by atoms with Crippen molar-refractivity contribution in [3.05, 3.63) is 29.8 Å². The van der Waals surface area contributed by atoms with E-state index in [0.717, 1.165) is 22.7 Å². The maximum Gasteiger partial charge on any atom is 0.323 e. The van der Waals surface area contributed by atoms with Crippen LogP contribution in [0.25, 0.3) is 0 Å². The molecule has 8 heteroatoms. The number of rotatable bonds is 5. The molecule has 0 saturated carbocycles. The van der Waals surface area contributed by atoms with Gasteiger partial charge >= 0.3 is 5.97 Å². The second kappa shape index (κ2) is 7.31. The van der Waals surface area contributed by atoms with E-state index in [-0.39, 0.29) is 30.4 Å². The average molecular weight is 354 g/mol. The fraction of sp³-hybridized carbons (Fsp3) is 0.500. The molecule has 7 nitrogen and oxygen atoms in total. The quantitative estimate of drug-likeness (QED) is 0.849. The number of carboxylic acids is 1. The lowest BCUT2D eigenvalue weighted by molar-refractivity contribution is -0.145. The summed E-state index contributed by atoms with van der Waals surface area (Å²) in [4.78, 5) is 24.4. The molecule has 1 atom stereocenters. The van der Waals surface area contributed by atoms with E-state index in [4.69, 9.17) is 0 Å². The lowest BCUT2D eigenvalue weighted by Gasteiger charge is -2.38. The van der Waals surface area contributed by atoms with Crippen LogP contribution in [0.4, 0.5) is 0 Å². The van der Waals surface area contributed by atoms with Crippen molar-refractivity contribution in [2.45, 2.75) is 37.6 Å². The Morgan fingerprint density at radius 3 is 2.33 bits per heavy atom. The molecule has 1 aliphatic heterocycles. The number of carboxylic acid groups (broad SMARTS) is 1. The normalized spacial score (nSPS) is 19.2.